The van der Waals surface area contributed by atoms with Gasteiger partial charge in [0.15, 0.2) is 5.78 Å². The lowest BCUT2D eigenvalue weighted by Crippen LogP contribution is -2.37. The number of rotatable bonds is 33. The van der Waals surface area contributed by atoms with Gasteiger partial charge in [0.2, 0.25) is 17.7 Å². The number of ether oxygens (including phenoxy) is 5. The number of Topliss-reactive ketones (excluding diaryl/α,β-unsaturated/α-hetero) is 1. The summed E-state index contributed by atoms with van der Waals surface area (Å²) in [5.41, 5.74) is 0.228. The van der Waals surface area contributed by atoms with Gasteiger partial charge in [0.1, 0.15) is 25.2 Å². The summed E-state index contributed by atoms with van der Waals surface area (Å²) < 4.78 is 26.6. The number of nitrogens with one attached hydrogen (secondary N) is 3. The standard InChI is InChI=1S/C35H55N3O12/c1-28(40)26-48-23-21-47-20-17-37-34(43)27-49-24-22-46-19-16-36-32(41)15-12-30(25-39)38-33(42)9-7-5-3-2-4-6-8-18-50-31-13-10-29(11-14-31)35(44)45/h10-11,13-14,25,30H,2-9,12,15-24,26-27H2,1H3,(H,36,41)(H,37,43)(H,38,42)(H,44,45)/t30-/m0/s1. The van der Waals surface area contributed by atoms with Crippen LogP contribution >= 0.6 is 0 Å². The molecule has 0 aliphatic rings. The predicted molar refractivity (Wildman–Crippen MR) is 183 cm³/mol. The normalized spacial score (nSPS) is 11.4. The van der Waals surface area contributed by atoms with Crippen LogP contribution in [0.5, 0.6) is 5.75 Å². The number of hydrogen-bond donors (Lipinski definition) is 4. The van der Waals surface area contributed by atoms with Crippen LogP contribution in [0, 0.1) is 0 Å². The Kier molecular flexibility index (Phi) is 26.4. The molecule has 0 aliphatic heterocycles. The quantitative estimate of drug-likeness (QED) is 0.0613. The fourth-order valence-corrected chi connectivity index (χ4v) is 4.38. The molecule has 0 unspecified atom stereocenters. The van der Waals surface area contributed by atoms with Gasteiger partial charge in [-0.25, -0.2) is 4.79 Å². The van der Waals surface area contributed by atoms with Crippen LogP contribution in [0.1, 0.15) is 81.5 Å². The first kappa shape index (κ1) is 44.1. The van der Waals surface area contributed by atoms with Crippen molar-refractivity contribution in [3.63, 3.8) is 0 Å². The van der Waals surface area contributed by atoms with Crippen LogP contribution in [0.2, 0.25) is 0 Å². The SMILES string of the molecule is CC(=O)COCCOCCNC(=O)COCCOCCNC(=O)CC[C@@H](C=O)NC(=O)CCCCCCCCCOc1ccc(C(=O)O)cc1. The molecule has 15 heteroatoms. The molecule has 0 aromatic heterocycles. The summed E-state index contributed by atoms with van der Waals surface area (Å²) in [5.74, 6) is -1.11. The number of benzene rings is 1. The van der Waals surface area contributed by atoms with Crippen molar-refractivity contribution in [2.45, 2.75) is 77.2 Å². The van der Waals surface area contributed by atoms with Crippen LogP contribution in [-0.2, 0) is 42.9 Å². The van der Waals surface area contributed by atoms with Crippen LogP contribution in [0.25, 0.3) is 0 Å². The average molecular weight is 710 g/mol. The number of carboxylic acid groups (broad SMARTS) is 1. The topological polar surface area (TPSA) is 205 Å². The lowest BCUT2D eigenvalue weighted by molar-refractivity contribution is -0.127. The number of hydrogen-bond acceptors (Lipinski definition) is 11. The lowest BCUT2D eigenvalue weighted by atomic mass is 10.1. The third-order valence-electron chi connectivity index (χ3n) is 7.03. The number of carboxylic acids is 1. The minimum absolute atomic E-state index is 0.0519. The molecule has 1 atom stereocenters. The van der Waals surface area contributed by atoms with E-state index in [1.54, 1.807) is 12.1 Å². The molecule has 282 valence electrons. The van der Waals surface area contributed by atoms with Gasteiger partial charge in [-0.15, -0.1) is 0 Å². The van der Waals surface area contributed by atoms with E-state index in [1.165, 1.54) is 19.1 Å². The molecule has 50 heavy (non-hydrogen) atoms. The van der Waals surface area contributed by atoms with Crippen molar-refractivity contribution >= 4 is 35.8 Å². The molecule has 0 radical (unpaired) electrons. The zero-order valence-electron chi connectivity index (χ0n) is 29.3. The highest BCUT2D eigenvalue weighted by Gasteiger charge is 2.13. The van der Waals surface area contributed by atoms with E-state index in [2.05, 4.69) is 16.0 Å². The molecule has 0 bridgehead atoms. The van der Waals surface area contributed by atoms with Crippen LogP contribution in [0.4, 0.5) is 0 Å². The van der Waals surface area contributed by atoms with E-state index in [-0.39, 0.29) is 81.5 Å². The van der Waals surface area contributed by atoms with E-state index < -0.39 is 12.0 Å². The first-order valence-electron chi connectivity index (χ1n) is 17.3. The Hall–Kier alpha value is -3.92. The summed E-state index contributed by atoms with van der Waals surface area (Å²) in [6.07, 6.45) is 7.95. The second kappa shape index (κ2) is 29.9. The molecule has 15 nitrogen and oxygen atoms in total. The summed E-state index contributed by atoms with van der Waals surface area (Å²) in [6.45, 7) is 4.21. The molecule has 3 amide bonds. The summed E-state index contributed by atoms with van der Waals surface area (Å²) >= 11 is 0. The average Bonchev–Trinajstić information content (AvgIpc) is 3.09. The van der Waals surface area contributed by atoms with E-state index >= 15 is 0 Å². The van der Waals surface area contributed by atoms with E-state index in [0.717, 1.165) is 44.9 Å². The number of carbonyl (C=O) groups excluding carboxylic acids is 5. The van der Waals surface area contributed by atoms with Crippen molar-refractivity contribution in [1.29, 1.82) is 0 Å². The smallest absolute Gasteiger partial charge is 0.335 e. The number of unbranched alkanes of at least 4 members (excludes halogenated alkanes) is 6. The minimum Gasteiger partial charge on any atom is -0.494 e. The summed E-state index contributed by atoms with van der Waals surface area (Å²) in [6, 6.07) is 5.63. The number of ketones is 1. The highest BCUT2D eigenvalue weighted by Crippen LogP contribution is 2.14. The van der Waals surface area contributed by atoms with Crippen molar-refractivity contribution < 1.29 is 57.6 Å². The molecule has 0 heterocycles. The van der Waals surface area contributed by atoms with E-state index in [4.69, 9.17) is 28.8 Å². The molecule has 1 aromatic rings. The van der Waals surface area contributed by atoms with Gasteiger partial charge in [0, 0.05) is 25.9 Å². The third-order valence-corrected chi connectivity index (χ3v) is 7.03. The Labute approximate surface area is 294 Å². The Morgan fingerprint density at radius 2 is 1.22 bits per heavy atom. The first-order valence-corrected chi connectivity index (χ1v) is 17.3. The van der Waals surface area contributed by atoms with Gasteiger partial charge in [0.05, 0.1) is 57.9 Å². The number of carbonyl (C=O) groups is 6. The second-order valence-corrected chi connectivity index (χ2v) is 11.5. The molecule has 0 saturated carbocycles. The highest BCUT2D eigenvalue weighted by atomic mass is 16.5. The molecule has 0 fully saturated rings. The van der Waals surface area contributed by atoms with Crippen LogP contribution in [0.15, 0.2) is 24.3 Å². The van der Waals surface area contributed by atoms with E-state index in [0.29, 0.717) is 51.4 Å². The fraction of sp³-hybridized carbons (Fsp3) is 0.657. The van der Waals surface area contributed by atoms with Gasteiger partial charge in [-0.05, 0) is 50.5 Å². The van der Waals surface area contributed by atoms with Crippen molar-refractivity contribution in [2.24, 2.45) is 0 Å². The Balaban J connectivity index is 1.92. The van der Waals surface area contributed by atoms with Gasteiger partial charge in [-0.1, -0.05) is 32.1 Å². The molecule has 0 saturated heterocycles. The minimum atomic E-state index is -0.964. The summed E-state index contributed by atoms with van der Waals surface area (Å²) in [7, 11) is 0. The molecule has 0 spiro atoms. The predicted octanol–water partition coefficient (Wildman–Crippen LogP) is 2.24. The number of aldehydes is 1. The molecule has 1 aromatic carbocycles. The van der Waals surface area contributed by atoms with Gasteiger partial charge in [-0.2, -0.15) is 0 Å². The first-order chi connectivity index (χ1) is 24.2. The molecular weight excluding hydrogens is 654 g/mol. The number of aromatic carboxylic acids is 1. The second-order valence-electron chi connectivity index (χ2n) is 11.5. The maximum absolute atomic E-state index is 12.2. The van der Waals surface area contributed by atoms with Crippen molar-refractivity contribution in [3.8, 4) is 5.75 Å². The molecule has 0 aliphatic carbocycles. The molecular formula is C35H55N3O12. The zero-order valence-corrected chi connectivity index (χ0v) is 29.3. The van der Waals surface area contributed by atoms with Gasteiger partial charge in [0.25, 0.3) is 0 Å². The Bertz CT molecular complexity index is 1120. The Morgan fingerprint density at radius 3 is 1.82 bits per heavy atom. The van der Waals surface area contributed by atoms with Crippen molar-refractivity contribution in [3.05, 3.63) is 29.8 Å². The van der Waals surface area contributed by atoms with Crippen molar-refractivity contribution in [2.75, 3.05) is 72.6 Å². The van der Waals surface area contributed by atoms with Crippen LogP contribution in [0.3, 0.4) is 0 Å². The zero-order chi connectivity index (χ0) is 36.7. The van der Waals surface area contributed by atoms with Crippen LogP contribution in [-0.4, -0.2) is 119 Å². The monoisotopic (exact) mass is 709 g/mol. The summed E-state index contributed by atoms with van der Waals surface area (Å²) in [4.78, 5) is 69.0. The van der Waals surface area contributed by atoms with Gasteiger partial charge < -0.3 is 49.5 Å². The molecule has 1 rings (SSSR count). The third kappa shape index (κ3) is 26.0. The lowest BCUT2D eigenvalue weighted by Gasteiger charge is -2.13. The highest BCUT2D eigenvalue weighted by molar-refractivity contribution is 5.87. The molecule has 4 N–H and O–H groups in total. The Morgan fingerprint density at radius 1 is 0.660 bits per heavy atom. The summed E-state index contributed by atoms with van der Waals surface area (Å²) in [5, 5.41) is 17.0. The van der Waals surface area contributed by atoms with Gasteiger partial charge >= 0.3 is 5.97 Å². The van der Waals surface area contributed by atoms with E-state index in [1.807, 2.05) is 0 Å². The van der Waals surface area contributed by atoms with E-state index in [9.17, 15) is 28.8 Å². The number of amides is 3. The maximum Gasteiger partial charge on any atom is 0.335 e. The van der Waals surface area contributed by atoms with Crippen molar-refractivity contribution in [1.82, 2.24) is 16.0 Å². The van der Waals surface area contributed by atoms with Gasteiger partial charge in [-0.3, -0.25) is 19.2 Å². The maximum atomic E-state index is 12.2. The largest absolute Gasteiger partial charge is 0.494 e. The van der Waals surface area contributed by atoms with Crippen LogP contribution < -0.4 is 20.7 Å². The fourth-order valence-electron chi connectivity index (χ4n) is 4.38.